The molecule has 1 saturated heterocycles. The van der Waals surface area contributed by atoms with Gasteiger partial charge in [-0.3, -0.25) is 4.79 Å². The molecule has 0 saturated carbocycles. The third-order valence-corrected chi connectivity index (χ3v) is 17.9. The average Bonchev–Trinajstić information content (AvgIpc) is 0.836. The Kier molecular flexibility index (Phi) is 68.3. The van der Waals surface area contributed by atoms with E-state index < -0.39 is 49.5 Å². The maximum Gasteiger partial charge on any atom is 0.220 e. The summed E-state index contributed by atoms with van der Waals surface area (Å²) < 4.78 is 11.3. The van der Waals surface area contributed by atoms with E-state index in [1.807, 2.05) is 6.08 Å². The minimum atomic E-state index is -1.58. The van der Waals surface area contributed by atoms with Crippen LogP contribution in [0.2, 0.25) is 0 Å². The monoisotopic (exact) mass is 1320 g/mol. The maximum absolute atomic E-state index is 13.2. The molecule has 7 atom stereocenters. The van der Waals surface area contributed by atoms with E-state index in [1.165, 1.54) is 199 Å². The average molecular weight is 1320 g/mol. The molecule has 0 bridgehead atoms. The van der Waals surface area contributed by atoms with Crippen molar-refractivity contribution in [2.45, 2.75) is 378 Å². The van der Waals surface area contributed by atoms with Crippen LogP contribution >= 0.6 is 0 Å². The highest BCUT2D eigenvalue weighted by molar-refractivity contribution is 5.76. The molecule has 95 heavy (non-hydrogen) atoms. The zero-order valence-electron chi connectivity index (χ0n) is 61.1. The molecule has 9 heteroatoms. The number of nitrogens with one attached hydrogen (secondary N) is 1. The van der Waals surface area contributed by atoms with Gasteiger partial charge >= 0.3 is 0 Å². The zero-order chi connectivity index (χ0) is 68.5. The summed E-state index contributed by atoms with van der Waals surface area (Å²) in [6.45, 7) is 3.67. The summed E-state index contributed by atoms with van der Waals surface area (Å²) in [6.07, 6.45) is 106. The van der Waals surface area contributed by atoms with Gasteiger partial charge in [-0.15, -0.1) is 0 Å². The van der Waals surface area contributed by atoms with Crippen molar-refractivity contribution in [3.05, 3.63) is 146 Å². The van der Waals surface area contributed by atoms with E-state index in [0.717, 1.165) is 116 Å². The van der Waals surface area contributed by atoms with Crippen LogP contribution in [0, 0.1) is 0 Å². The van der Waals surface area contributed by atoms with E-state index >= 15 is 0 Å². The Labute approximate surface area is 584 Å². The number of hydrogen-bond acceptors (Lipinski definition) is 8. The second-order valence-corrected chi connectivity index (χ2v) is 26.8. The van der Waals surface area contributed by atoms with Crippen LogP contribution in [0.1, 0.15) is 335 Å². The first-order valence-electron chi connectivity index (χ1n) is 39.6. The molecule has 544 valence electrons. The molecule has 1 aliphatic heterocycles. The van der Waals surface area contributed by atoms with Gasteiger partial charge in [-0.25, -0.2) is 0 Å². The second kappa shape index (κ2) is 72.8. The Morgan fingerprint density at radius 1 is 0.368 bits per heavy atom. The number of aliphatic hydroxyl groups excluding tert-OH is 5. The van der Waals surface area contributed by atoms with Crippen LogP contribution < -0.4 is 5.32 Å². The molecular weight excluding hydrogens is 1170 g/mol. The van der Waals surface area contributed by atoms with Gasteiger partial charge in [0.05, 0.1) is 25.4 Å². The lowest BCUT2D eigenvalue weighted by Crippen LogP contribution is -2.60. The van der Waals surface area contributed by atoms with Crippen LogP contribution in [-0.4, -0.2) is 87.5 Å². The van der Waals surface area contributed by atoms with Gasteiger partial charge < -0.3 is 40.3 Å². The number of aliphatic hydroxyl groups is 5. The first-order chi connectivity index (χ1) is 46.8. The molecule has 9 nitrogen and oxygen atoms in total. The predicted octanol–water partition coefficient (Wildman–Crippen LogP) is 22.9. The number of carbonyl (C=O) groups is 1. The van der Waals surface area contributed by atoms with E-state index in [0.29, 0.717) is 6.42 Å². The summed E-state index contributed by atoms with van der Waals surface area (Å²) in [5.41, 5.74) is 0. The van der Waals surface area contributed by atoms with Crippen LogP contribution in [0.25, 0.3) is 0 Å². The molecule has 7 unspecified atom stereocenters. The quantitative estimate of drug-likeness (QED) is 0.0261. The van der Waals surface area contributed by atoms with Crippen LogP contribution in [0.5, 0.6) is 0 Å². The summed E-state index contributed by atoms with van der Waals surface area (Å²) in [6, 6.07) is -0.842. The summed E-state index contributed by atoms with van der Waals surface area (Å²) in [5, 5.41) is 54.9. The van der Waals surface area contributed by atoms with Gasteiger partial charge in [-0.05, 0) is 116 Å². The van der Waals surface area contributed by atoms with Crippen LogP contribution in [0.4, 0.5) is 0 Å². The topological polar surface area (TPSA) is 149 Å². The molecule has 0 radical (unpaired) electrons. The molecule has 0 aromatic rings. The number of unbranched alkanes of at least 4 members (excludes halogenated alkanes) is 36. The molecule has 1 rings (SSSR count). The van der Waals surface area contributed by atoms with Crippen LogP contribution in [0.15, 0.2) is 146 Å². The van der Waals surface area contributed by atoms with Gasteiger partial charge in [-0.2, -0.15) is 0 Å². The lowest BCUT2D eigenvalue weighted by atomic mass is 9.99. The fourth-order valence-corrected chi connectivity index (χ4v) is 11.8. The number of rotatable bonds is 68. The number of ether oxygens (including phenoxy) is 2. The van der Waals surface area contributed by atoms with Crippen molar-refractivity contribution >= 4 is 5.91 Å². The number of allylic oxidation sites excluding steroid dienone is 23. The summed E-state index contributed by atoms with van der Waals surface area (Å²) >= 11 is 0. The largest absolute Gasteiger partial charge is 0.394 e. The third-order valence-electron chi connectivity index (χ3n) is 17.9. The second-order valence-electron chi connectivity index (χ2n) is 26.8. The molecule has 1 heterocycles. The van der Waals surface area contributed by atoms with Gasteiger partial charge in [0.2, 0.25) is 5.91 Å². The van der Waals surface area contributed by atoms with Gasteiger partial charge in [0, 0.05) is 6.42 Å². The van der Waals surface area contributed by atoms with Crippen molar-refractivity contribution in [3.8, 4) is 0 Å². The van der Waals surface area contributed by atoms with Crippen molar-refractivity contribution in [3.63, 3.8) is 0 Å². The van der Waals surface area contributed by atoms with E-state index in [-0.39, 0.29) is 12.5 Å². The van der Waals surface area contributed by atoms with E-state index in [2.05, 4.69) is 153 Å². The Hall–Kier alpha value is -3.93. The Balaban J connectivity index is 2.14. The molecule has 1 fully saturated rings. The Morgan fingerprint density at radius 2 is 0.663 bits per heavy atom. The standard InChI is InChI=1S/C86H147NO8/c1-3-5-7-9-11-13-15-17-19-21-23-25-27-29-31-33-35-37-38-39-40-41-42-44-46-48-50-52-54-56-58-60-62-64-66-68-70-72-74-76-82(90)87-79(78-94-86-85(93)84(92)83(91)81(77-88)95-86)80(89)75-73-71-69-67-65-63-61-59-57-55-53-51-49-47-45-43-36-34-32-30-28-26-24-22-20-18-16-14-12-10-8-6-4-2/h5,7,11,13,17,19,23,25,29,31,35,37,39-40,42,44,48,50,57,59,65,67,73,75,79-81,83-86,88-89,91-93H,3-4,6,8-10,12,14-16,18,20-22,24,26-28,30,32-34,36,38,41,43,45-47,49,51-56,58,60-64,66,68-72,74,76-78H2,1-2H3,(H,87,90)/b7-5-,13-11-,19-17-,25-23-,31-29-,37-35-,40-39-,44-42-,50-48-,59-57+,67-65+,75-73+. The predicted molar refractivity (Wildman–Crippen MR) is 410 cm³/mol. The highest BCUT2D eigenvalue weighted by atomic mass is 16.7. The van der Waals surface area contributed by atoms with Gasteiger partial charge in [0.25, 0.3) is 0 Å². The minimum absolute atomic E-state index is 0.197. The van der Waals surface area contributed by atoms with Crippen LogP contribution in [-0.2, 0) is 14.3 Å². The number of carbonyl (C=O) groups excluding carboxylic acids is 1. The first-order valence-corrected chi connectivity index (χ1v) is 39.6. The first kappa shape index (κ1) is 89.1. The Morgan fingerprint density at radius 3 is 1.01 bits per heavy atom. The van der Waals surface area contributed by atoms with E-state index in [4.69, 9.17) is 9.47 Å². The number of hydrogen-bond donors (Lipinski definition) is 6. The minimum Gasteiger partial charge on any atom is -0.394 e. The maximum atomic E-state index is 13.2. The molecule has 1 aliphatic rings. The zero-order valence-corrected chi connectivity index (χ0v) is 61.1. The summed E-state index contributed by atoms with van der Waals surface area (Å²) in [5.74, 6) is -0.197. The SMILES string of the molecule is CC/C=C\C/C=C\C/C=C\C/C=C\C/C=C\C/C=C\C/C=C\C/C=C\C/C=C\CCCCCCCCCCCCCC(=O)NC(COC1OC(CO)C(O)C(O)C1O)C(O)/C=C/CC/C=C/CC/C=C/CCCCCCCCCCCCCCCCCCCCCCCCC. The van der Waals surface area contributed by atoms with Crippen LogP contribution in [0.3, 0.4) is 0 Å². The van der Waals surface area contributed by atoms with E-state index in [9.17, 15) is 30.3 Å². The lowest BCUT2D eigenvalue weighted by molar-refractivity contribution is -0.302. The summed E-state index contributed by atoms with van der Waals surface area (Å²) in [4.78, 5) is 13.2. The molecule has 0 aliphatic carbocycles. The highest BCUT2D eigenvalue weighted by Gasteiger charge is 2.44. The number of amides is 1. The molecule has 0 spiro atoms. The molecule has 0 aromatic carbocycles. The lowest BCUT2D eigenvalue weighted by Gasteiger charge is -2.40. The summed E-state index contributed by atoms with van der Waals surface area (Å²) in [7, 11) is 0. The molecule has 1 amide bonds. The smallest absolute Gasteiger partial charge is 0.220 e. The highest BCUT2D eigenvalue weighted by Crippen LogP contribution is 2.23. The Bertz CT molecular complexity index is 2020. The van der Waals surface area contributed by atoms with Crippen molar-refractivity contribution in [1.29, 1.82) is 0 Å². The molecule has 6 N–H and O–H groups in total. The fourth-order valence-electron chi connectivity index (χ4n) is 11.8. The van der Waals surface area contributed by atoms with Crippen molar-refractivity contribution < 1.29 is 39.8 Å². The normalized spacial score (nSPS) is 18.3. The van der Waals surface area contributed by atoms with Crippen molar-refractivity contribution in [2.24, 2.45) is 0 Å². The van der Waals surface area contributed by atoms with Crippen molar-refractivity contribution in [1.82, 2.24) is 5.32 Å². The fraction of sp³-hybridized carbons (Fsp3) is 0.709. The molecule has 0 aromatic heterocycles. The van der Waals surface area contributed by atoms with E-state index in [1.54, 1.807) is 6.08 Å². The molecular formula is C86H147NO8. The van der Waals surface area contributed by atoms with Crippen molar-refractivity contribution in [2.75, 3.05) is 13.2 Å². The van der Waals surface area contributed by atoms with Gasteiger partial charge in [-0.1, -0.05) is 359 Å². The van der Waals surface area contributed by atoms with Gasteiger partial charge in [0.15, 0.2) is 6.29 Å². The third kappa shape index (κ3) is 60.9. The van der Waals surface area contributed by atoms with Gasteiger partial charge in [0.1, 0.15) is 24.4 Å².